The van der Waals surface area contributed by atoms with Crippen molar-refractivity contribution in [1.29, 1.82) is 0 Å². The third kappa shape index (κ3) is 2.74. The molecule has 0 amide bonds. The summed E-state index contributed by atoms with van der Waals surface area (Å²) in [6, 6.07) is 3.78. The summed E-state index contributed by atoms with van der Waals surface area (Å²) in [6.45, 7) is 5.67. The summed E-state index contributed by atoms with van der Waals surface area (Å²) in [5.74, 6) is 0.350. The number of benzene rings is 1. The van der Waals surface area contributed by atoms with E-state index in [4.69, 9.17) is 0 Å². The van der Waals surface area contributed by atoms with Gasteiger partial charge in [-0.1, -0.05) is 6.07 Å². The molecule has 0 aromatic heterocycles. The van der Waals surface area contributed by atoms with Crippen molar-refractivity contribution in [1.82, 2.24) is 0 Å². The minimum absolute atomic E-state index is 0.261. The van der Waals surface area contributed by atoms with Crippen LogP contribution in [0.15, 0.2) is 12.1 Å². The minimum Gasteiger partial charge on any atom is -0.508 e. The largest absolute Gasteiger partial charge is 0.508 e. The van der Waals surface area contributed by atoms with Crippen LogP contribution in [0.2, 0.25) is 0 Å². The van der Waals surface area contributed by atoms with Gasteiger partial charge in [-0.25, -0.2) is 0 Å². The number of rotatable bonds is 3. The molecular weight excluding hydrogens is 176 g/mol. The van der Waals surface area contributed by atoms with E-state index in [1.54, 1.807) is 13.0 Å². The average Bonchev–Trinajstić information content (AvgIpc) is 2.09. The Morgan fingerprint density at radius 3 is 2.43 bits per heavy atom. The van der Waals surface area contributed by atoms with Crippen LogP contribution in [0.1, 0.15) is 30.0 Å². The van der Waals surface area contributed by atoms with E-state index in [0.717, 1.165) is 24.0 Å². The van der Waals surface area contributed by atoms with Crippen LogP contribution < -0.4 is 0 Å². The van der Waals surface area contributed by atoms with Crippen molar-refractivity contribution in [3.8, 4) is 5.75 Å². The quantitative estimate of drug-likeness (QED) is 0.775. The lowest BCUT2D eigenvalue weighted by atomic mass is 9.99. The van der Waals surface area contributed by atoms with Gasteiger partial charge in [0.2, 0.25) is 0 Å². The summed E-state index contributed by atoms with van der Waals surface area (Å²) in [5.41, 5.74) is 3.20. The van der Waals surface area contributed by atoms with Gasteiger partial charge in [-0.15, -0.1) is 0 Å². The van der Waals surface area contributed by atoms with Crippen LogP contribution in [0.3, 0.4) is 0 Å². The number of aliphatic hydroxyl groups excluding tert-OH is 1. The summed E-state index contributed by atoms with van der Waals surface area (Å²) in [6.07, 6.45) is 1.37. The van der Waals surface area contributed by atoms with Crippen molar-refractivity contribution in [2.24, 2.45) is 0 Å². The zero-order valence-electron chi connectivity index (χ0n) is 9.04. The molecule has 2 nitrogen and oxygen atoms in total. The van der Waals surface area contributed by atoms with E-state index in [2.05, 4.69) is 0 Å². The molecule has 0 saturated carbocycles. The minimum atomic E-state index is -0.261. The van der Waals surface area contributed by atoms with Crippen molar-refractivity contribution in [2.45, 2.75) is 39.7 Å². The Morgan fingerprint density at radius 1 is 1.21 bits per heavy atom. The zero-order valence-corrected chi connectivity index (χ0v) is 9.04. The van der Waals surface area contributed by atoms with Crippen molar-refractivity contribution in [3.63, 3.8) is 0 Å². The van der Waals surface area contributed by atoms with Crippen molar-refractivity contribution in [2.75, 3.05) is 0 Å². The molecule has 1 unspecified atom stereocenters. The van der Waals surface area contributed by atoms with Gasteiger partial charge in [-0.05, 0) is 56.4 Å². The first kappa shape index (κ1) is 11.1. The topological polar surface area (TPSA) is 40.5 Å². The summed E-state index contributed by atoms with van der Waals surface area (Å²) < 4.78 is 0. The lowest BCUT2D eigenvalue weighted by Gasteiger charge is -2.09. The lowest BCUT2D eigenvalue weighted by molar-refractivity contribution is 0.185. The van der Waals surface area contributed by atoms with Crippen molar-refractivity contribution < 1.29 is 10.2 Å². The average molecular weight is 194 g/mol. The second-order valence-corrected chi connectivity index (χ2v) is 3.95. The van der Waals surface area contributed by atoms with E-state index >= 15 is 0 Å². The second-order valence-electron chi connectivity index (χ2n) is 3.95. The van der Waals surface area contributed by atoms with Gasteiger partial charge in [0.05, 0.1) is 6.10 Å². The van der Waals surface area contributed by atoms with E-state index < -0.39 is 0 Å². The number of aliphatic hydroxyl groups is 1. The fourth-order valence-electron chi connectivity index (χ4n) is 1.49. The number of aryl methyl sites for hydroxylation is 3. The molecule has 1 aromatic carbocycles. The molecule has 0 heterocycles. The summed E-state index contributed by atoms with van der Waals surface area (Å²) in [4.78, 5) is 0. The lowest BCUT2D eigenvalue weighted by Crippen LogP contribution is -2.02. The Morgan fingerprint density at radius 2 is 1.86 bits per heavy atom. The van der Waals surface area contributed by atoms with Gasteiger partial charge in [-0.2, -0.15) is 0 Å². The van der Waals surface area contributed by atoms with Crippen LogP contribution in [0, 0.1) is 13.8 Å². The molecule has 0 fully saturated rings. The molecule has 0 radical (unpaired) electrons. The molecule has 0 aliphatic carbocycles. The predicted molar refractivity (Wildman–Crippen MR) is 57.6 cm³/mol. The zero-order chi connectivity index (χ0) is 10.7. The molecule has 0 aliphatic rings. The van der Waals surface area contributed by atoms with Gasteiger partial charge in [-0.3, -0.25) is 0 Å². The number of aromatic hydroxyl groups is 1. The van der Waals surface area contributed by atoms with E-state index in [-0.39, 0.29) is 6.10 Å². The maximum absolute atomic E-state index is 9.45. The molecule has 1 atom stereocenters. The monoisotopic (exact) mass is 194 g/mol. The Balaban J connectivity index is 2.82. The highest BCUT2D eigenvalue weighted by molar-refractivity contribution is 5.40. The summed E-state index contributed by atoms with van der Waals surface area (Å²) >= 11 is 0. The fourth-order valence-corrected chi connectivity index (χ4v) is 1.49. The standard InChI is InChI=1S/C12H18O2/c1-8-7-12(14)9(2)6-11(8)5-4-10(3)13/h6-7,10,13-14H,4-5H2,1-3H3. The molecule has 0 spiro atoms. The summed E-state index contributed by atoms with van der Waals surface area (Å²) in [5, 5.41) is 18.6. The molecule has 0 saturated heterocycles. The Bertz CT molecular complexity index is 316. The van der Waals surface area contributed by atoms with Crippen LogP contribution in [-0.2, 0) is 6.42 Å². The van der Waals surface area contributed by atoms with Gasteiger partial charge in [0.1, 0.15) is 5.75 Å². The van der Waals surface area contributed by atoms with Crippen molar-refractivity contribution >= 4 is 0 Å². The smallest absolute Gasteiger partial charge is 0.118 e. The third-order valence-electron chi connectivity index (χ3n) is 2.49. The Labute approximate surface area is 85.2 Å². The highest BCUT2D eigenvalue weighted by Gasteiger charge is 2.04. The number of hydrogen-bond acceptors (Lipinski definition) is 2. The van der Waals surface area contributed by atoms with Crippen LogP contribution in [0.4, 0.5) is 0 Å². The second kappa shape index (κ2) is 4.47. The Kier molecular flexibility index (Phi) is 3.53. The van der Waals surface area contributed by atoms with Gasteiger partial charge in [0.25, 0.3) is 0 Å². The molecule has 1 rings (SSSR count). The van der Waals surface area contributed by atoms with Gasteiger partial charge in [0, 0.05) is 0 Å². The first-order chi connectivity index (χ1) is 6.50. The molecule has 1 aromatic rings. The molecule has 78 valence electrons. The van der Waals surface area contributed by atoms with Crippen LogP contribution in [-0.4, -0.2) is 16.3 Å². The SMILES string of the molecule is Cc1cc(CCC(C)O)c(C)cc1O. The first-order valence-electron chi connectivity index (χ1n) is 4.98. The predicted octanol–water partition coefficient (Wildman–Crippen LogP) is 2.32. The van der Waals surface area contributed by atoms with Gasteiger partial charge < -0.3 is 10.2 Å². The maximum atomic E-state index is 9.45. The van der Waals surface area contributed by atoms with E-state index in [1.807, 2.05) is 19.9 Å². The molecule has 14 heavy (non-hydrogen) atoms. The Hall–Kier alpha value is -1.02. The van der Waals surface area contributed by atoms with E-state index in [9.17, 15) is 10.2 Å². The van der Waals surface area contributed by atoms with Crippen LogP contribution >= 0.6 is 0 Å². The normalized spacial score (nSPS) is 12.9. The summed E-state index contributed by atoms with van der Waals surface area (Å²) in [7, 11) is 0. The fraction of sp³-hybridized carbons (Fsp3) is 0.500. The van der Waals surface area contributed by atoms with Gasteiger partial charge >= 0.3 is 0 Å². The number of hydrogen-bond donors (Lipinski definition) is 2. The van der Waals surface area contributed by atoms with E-state index in [1.165, 1.54) is 5.56 Å². The molecule has 0 aliphatic heterocycles. The third-order valence-corrected chi connectivity index (χ3v) is 2.49. The molecule has 2 heteroatoms. The molecule has 2 N–H and O–H groups in total. The maximum Gasteiger partial charge on any atom is 0.118 e. The molecule has 0 bridgehead atoms. The van der Waals surface area contributed by atoms with Crippen molar-refractivity contribution in [3.05, 3.63) is 28.8 Å². The van der Waals surface area contributed by atoms with E-state index in [0.29, 0.717) is 5.75 Å². The highest BCUT2D eigenvalue weighted by Crippen LogP contribution is 2.22. The molecular formula is C12H18O2. The van der Waals surface area contributed by atoms with Gasteiger partial charge in [0.15, 0.2) is 0 Å². The first-order valence-corrected chi connectivity index (χ1v) is 4.98. The highest BCUT2D eigenvalue weighted by atomic mass is 16.3. The number of phenolic OH excluding ortho intramolecular Hbond substituents is 1. The van der Waals surface area contributed by atoms with Crippen LogP contribution in [0.25, 0.3) is 0 Å². The number of phenols is 1. The van der Waals surface area contributed by atoms with Crippen LogP contribution in [0.5, 0.6) is 5.75 Å².